The highest BCUT2D eigenvalue weighted by Gasteiger charge is 2.37. The van der Waals surface area contributed by atoms with Gasteiger partial charge in [0.05, 0.1) is 26.4 Å². The second-order valence-electron chi connectivity index (χ2n) is 6.46. The van der Waals surface area contributed by atoms with Gasteiger partial charge in [-0.25, -0.2) is 9.59 Å². The highest BCUT2D eigenvalue weighted by molar-refractivity contribution is 5.81. The Labute approximate surface area is 154 Å². The predicted molar refractivity (Wildman–Crippen MR) is 95.0 cm³/mol. The van der Waals surface area contributed by atoms with Gasteiger partial charge in [0.2, 0.25) is 0 Å². The summed E-state index contributed by atoms with van der Waals surface area (Å²) in [6.07, 6.45) is -2.56. The quantitative estimate of drug-likeness (QED) is 0.496. The lowest BCUT2D eigenvalue weighted by atomic mass is 10.1. The summed E-state index contributed by atoms with van der Waals surface area (Å²) in [7, 11) is 0. The molecule has 1 rings (SSSR count). The molecule has 0 bridgehead atoms. The highest BCUT2D eigenvalue weighted by Crippen LogP contribution is 2.20. The molecule has 1 aliphatic heterocycles. The number of rotatable bonds is 8. The van der Waals surface area contributed by atoms with Crippen LogP contribution in [0, 0.1) is 0 Å². The van der Waals surface area contributed by atoms with Crippen LogP contribution in [0.15, 0.2) is 24.3 Å². The van der Waals surface area contributed by atoms with Gasteiger partial charge in [0.1, 0.15) is 18.3 Å². The number of amides is 1. The molecule has 1 amide bonds. The predicted octanol–water partition coefficient (Wildman–Crippen LogP) is 1.90. The summed E-state index contributed by atoms with van der Waals surface area (Å²) in [5.41, 5.74) is 1.65. The Kier molecular flexibility index (Phi) is 9.32. The van der Waals surface area contributed by atoms with Gasteiger partial charge in [0.15, 0.2) is 6.04 Å². The van der Waals surface area contributed by atoms with Crippen LogP contribution < -0.4 is 5.32 Å². The van der Waals surface area contributed by atoms with Gasteiger partial charge in [0.25, 0.3) is 0 Å². The van der Waals surface area contributed by atoms with E-state index >= 15 is 0 Å². The number of carbonyl (C=O) groups is 2. The maximum absolute atomic E-state index is 12.3. The van der Waals surface area contributed by atoms with Crippen LogP contribution in [-0.4, -0.2) is 68.0 Å². The summed E-state index contributed by atoms with van der Waals surface area (Å²) in [6.45, 7) is 13.7. The van der Waals surface area contributed by atoms with Gasteiger partial charge in [-0.05, 0) is 20.3 Å². The molecular formula is C18H29NO7. The topological polar surface area (TPSA) is 103 Å². The lowest BCUT2D eigenvalue weighted by Crippen LogP contribution is -2.47. The molecule has 8 nitrogen and oxygen atoms in total. The first-order valence-electron chi connectivity index (χ1n) is 8.54. The van der Waals surface area contributed by atoms with E-state index in [1.807, 2.05) is 20.8 Å². The molecule has 0 aliphatic carbocycles. The van der Waals surface area contributed by atoms with Crippen molar-refractivity contribution in [2.45, 2.75) is 51.5 Å². The molecule has 26 heavy (non-hydrogen) atoms. The molecule has 0 saturated carbocycles. The third-order valence-corrected chi connectivity index (χ3v) is 3.62. The van der Waals surface area contributed by atoms with Gasteiger partial charge >= 0.3 is 12.1 Å². The van der Waals surface area contributed by atoms with Crippen LogP contribution >= 0.6 is 0 Å². The largest absolute Gasteiger partial charge is 0.465 e. The fourth-order valence-electron chi connectivity index (χ4n) is 2.41. The zero-order valence-electron chi connectivity index (χ0n) is 15.7. The summed E-state index contributed by atoms with van der Waals surface area (Å²) in [6, 6.07) is -1.11. The third kappa shape index (κ3) is 7.55. The van der Waals surface area contributed by atoms with Crippen LogP contribution in [0.2, 0.25) is 0 Å². The van der Waals surface area contributed by atoms with Crippen LogP contribution in [0.5, 0.6) is 0 Å². The van der Waals surface area contributed by atoms with Crippen LogP contribution in [0.3, 0.4) is 0 Å². The minimum atomic E-state index is -1.33. The molecule has 148 valence electrons. The molecule has 2 N–H and O–H groups in total. The van der Waals surface area contributed by atoms with E-state index in [-0.39, 0.29) is 19.8 Å². The average Bonchev–Trinajstić information content (AvgIpc) is 2.60. The maximum Gasteiger partial charge on any atom is 0.405 e. The fraction of sp³-hybridized carbons (Fsp3) is 0.667. The number of hydrogen-bond donors (Lipinski definition) is 2. The molecule has 0 spiro atoms. The summed E-state index contributed by atoms with van der Waals surface area (Å²) in [5, 5.41) is 11.0. The number of carboxylic acid groups (broad SMARTS) is 1. The molecule has 1 saturated heterocycles. The van der Waals surface area contributed by atoms with Crippen molar-refractivity contribution in [3.8, 4) is 0 Å². The Morgan fingerprint density at radius 3 is 2.38 bits per heavy atom. The van der Waals surface area contributed by atoms with Gasteiger partial charge in [-0.15, -0.1) is 0 Å². The van der Waals surface area contributed by atoms with Gasteiger partial charge in [-0.2, -0.15) is 0 Å². The summed E-state index contributed by atoms with van der Waals surface area (Å²) < 4.78 is 22.8. The Balaban J connectivity index is 3.02. The third-order valence-electron chi connectivity index (χ3n) is 3.62. The van der Waals surface area contributed by atoms with Crippen molar-refractivity contribution < 1.29 is 33.6 Å². The second-order valence-corrected chi connectivity index (χ2v) is 6.46. The first-order chi connectivity index (χ1) is 12.2. The SMILES string of the molecule is C=C(C)COC1COCC(NC(=O)O)C(=O)O[C@H](CC)[C@@H]1OCC(=C)C. The van der Waals surface area contributed by atoms with Crippen molar-refractivity contribution >= 4 is 12.1 Å². The van der Waals surface area contributed by atoms with E-state index in [1.54, 1.807) is 0 Å². The van der Waals surface area contributed by atoms with Crippen molar-refractivity contribution in [3.63, 3.8) is 0 Å². The summed E-state index contributed by atoms with van der Waals surface area (Å²) in [4.78, 5) is 23.2. The molecular weight excluding hydrogens is 342 g/mol. The van der Waals surface area contributed by atoms with Gasteiger partial charge in [-0.1, -0.05) is 31.2 Å². The molecule has 4 atom stereocenters. The Bertz CT molecular complexity index is 520. The van der Waals surface area contributed by atoms with Crippen LogP contribution in [-0.2, 0) is 23.7 Å². The molecule has 1 heterocycles. The van der Waals surface area contributed by atoms with Gasteiger partial charge in [0, 0.05) is 0 Å². The van der Waals surface area contributed by atoms with Crippen molar-refractivity contribution in [2.24, 2.45) is 0 Å². The van der Waals surface area contributed by atoms with Gasteiger partial charge < -0.3 is 29.4 Å². The molecule has 0 aromatic heterocycles. The minimum Gasteiger partial charge on any atom is -0.465 e. The molecule has 2 unspecified atom stereocenters. The Hall–Kier alpha value is -1.90. The van der Waals surface area contributed by atoms with Crippen molar-refractivity contribution in [2.75, 3.05) is 26.4 Å². The maximum atomic E-state index is 12.3. The number of nitrogens with one attached hydrogen (secondary N) is 1. The smallest absolute Gasteiger partial charge is 0.405 e. The van der Waals surface area contributed by atoms with E-state index in [9.17, 15) is 9.59 Å². The second kappa shape index (κ2) is 10.9. The fourth-order valence-corrected chi connectivity index (χ4v) is 2.41. The molecule has 1 fully saturated rings. The minimum absolute atomic E-state index is 0.124. The summed E-state index contributed by atoms with van der Waals surface area (Å²) in [5.74, 6) is -0.705. The molecule has 0 radical (unpaired) electrons. The van der Waals surface area contributed by atoms with E-state index < -0.39 is 36.4 Å². The van der Waals surface area contributed by atoms with Crippen molar-refractivity contribution in [1.29, 1.82) is 0 Å². The monoisotopic (exact) mass is 371 g/mol. The number of ether oxygens (including phenoxy) is 4. The average molecular weight is 371 g/mol. The molecule has 8 heteroatoms. The van der Waals surface area contributed by atoms with E-state index in [4.69, 9.17) is 24.1 Å². The van der Waals surface area contributed by atoms with Crippen LogP contribution in [0.25, 0.3) is 0 Å². The van der Waals surface area contributed by atoms with Crippen molar-refractivity contribution in [1.82, 2.24) is 5.32 Å². The Morgan fingerprint density at radius 1 is 1.23 bits per heavy atom. The zero-order chi connectivity index (χ0) is 19.7. The first-order valence-corrected chi connectivity index (χ1v) is 8.54. The lowest BCUT2D eigenvalue weighted by molar-refractivity contribution is -0.168. The van der Waals surface area contributed by atoms with E-state index in [0.717, 1.165) is 11.1 Å². The standard InChI is InChI=1S/C18H29NO7/c1-6-14-16(25-8-12(4)5)15(24-7-11(2)3)10-23-9-13(17(20)26-14)19-18(21)22/h13-16,19H,2,4,6-10H2,1,3,5H3,(H,21,22)/t13?,14-,15?,16+/m1/s1. The van der Waals surface area contributed by atoms with Crippen LogP contribution in [0.1, 0.15) is 27.2 Å². The normalized spacial score (nSPS) is 26.8. The highest BCUT2D eigenvalue weighted by atomic mass is 16.6. The van der Waals surface area contributed by atoms with E-state index in [1.165, 1.54) is 0 Å². The number of carbonyl (C=O) groups excluding carboxylic acids is 1. The van der Waals surface area contributed by atoms with E-state index in [0.29, 0.717) is 13.0 Å². The Morgan fingerprint density at radius 2 is 1.85 bits per heavy atom. The van der Waals surface area contributed by atoms with Gasteiger partial charge in [-0.3, -0.25) is 0 Å². The van der Waals surface area contributed by atoms with Crippen LogP contribution in [0.4, 0.5) is 4.79 Å². The lowest BCUT2D eigenvalue weighted by Gasteiger charge is -2.32. The van der Waals surface area contributed by atoms with Crippen molar-refractivity contribution in [3.05, 3.63) is 24.3 Å². The number of hydrogen-bond acceptors (Lipinski definition) is 6. The molecule has 1 aliphatic rings. The number of esters is 1. The number of cyclic esters (lactones) is 1. The zero-order valence-corrected chi connectivity index (χ0v) is 15.7. The first kappa shape index (κ1) is 22.1. The molecule has 0 aromatic carbocycles. The molecule has 0 aromatic rings. The van der Waals surface area contributed by atoms with E-state index in [2.05, 4.69) is 18.5 Å². The summed E-state index contributed by atoms with van der Waals surface area (Å²) >= 11 is 0.